The zero-order valence-corrected chi connectivity index (χ0v) is 18.9. The number of carbonyl (C=O) groups excluding carboxylic acids is 1. The Kier molecular flexibility index (Phi) is 6.85. The van der Waals surface area contributed by atoms with E-state index in [1.54, 1.807) is 4.68 Å². The summed E-state index contributed by atoms with van der Waals surface area (Å²) in [5.41, 5.74) is 0.819. The van der Waals surface area contributed by atoms with Gasteiger partial charge in [-0.3, -0.25) is 9.59 Å². The summed E-state index contributed by atoms with van der Waals surface area (Å²) in [5.74, 6) is -3.90. The minimum absolute atomic E-state index is 0.122. The molecule has 3 N–H and O–H groups in total. The van der Waals surface area contributed by atoms with Crippen LogP contribution in [0.15, 0.2) is 12.1 Å². The number of nitrogens with one attached hydrogen (secondary N) is 1. The van der Waals surface area contributed by atoms with Crippen LogP contribution in [0.2, 0.25) is 19.6 Å². The number of anilines is 1. The molecule has 31 heavy (non-hydrogen) atoms. The molecule has 0 radical (unpaired) electrons. The third-order valence-electron chi connectivity index (χ3n) is 5.38. The normalized spacial score (nSPS) is 19.3. The Morgan fingerprint density at radius 1 is 1.23 bits per heavy atom. The molecule has 1 aliphatic carbocycles. The fourth-order valence-electron chi connectivity index (χ4n) is 3.89. The highest BCUT2D eigenvalue weighted by atomic mass is 28.3. The zero-order valence-electron chi connectivity index (χ0n) is 17.9. The van der Waals surface area contributed by atoms with Crippen LogP contribution < -0.4 is 5.32 Å². The van der Waals surface area contributed by atoms with Crippen molar-refractivity contribution in [2.24, 2.45) is 11.8 Å². The first-order chi connectivity index (χ1) is 14.6. The minimum Gasteiger partial charge on any atom is -0.481 e. The van der Waals surface area contributed by atoms with Crippen molar-refractivity contribution in [2.75, 3.05) is 5.32 Å². The maximum absolute atomic E-state index is 14.7. The Hall–Kier alpha value is -2.66. The van der Waals surface area contributed by atoms with Crippen molar-refractivity contribution in [3.63, 3.8) is 0 Å². The summed E-state index contributed by atoms with van der Waals surface area (Å²) in [5, 5.41) is 29.8. The highest BCUT2D eigenvalue weighted by molar-refractivity contribution is 6.74. The van der Waals surface area contributed by atoms with Gasteiger partial charge in [0.15, 0.2) is 0 Å². The molecule has 0 saturated heterocycles. The first-order valence-electron chi connectivity index (χ1n) is 10.3. The van der Waals surface area contributed by atoms with Gasteiger partial charge in [0.05, 0.1) is 43.6 Å². The average molecular weight is 450 g/mol. The molecule has 0 bridgehead atoms. The number of rotatable bonds is 7. The van der Waals surface area contributed by atoms with E-state index in [9.17, 15) is 24.2 Å². The largest absolute Gasteiger partial charge is 0.481 e. The number of carboxylic acid groups (broad SMARTS) is 1. The second kappa shape index (κ2) is 9.23. The van der Waals surface area contributed by atoms with Crippen molar-refractivity contribution < 1.29 is 24.2 Å². The van der Waals surface area contributed by atoms with Gasteiger partial charge >= 0.3 is 5.97 Å². The van der Waals surface area contributed by atoms with Crippen LogP contribution in [0.1, 0.15) is 31.4 Å². The number of hydrogen-bond donors (Lipinski definition) is 3. The molecule has 2 heterocycles. The van der Waals surface area contributed by atoms with Gasteiger partial charge < -0.3 is 15.5 Å². The number of aromatic nitrogens is 4. The van der Waals surface area contributed by atoms with Crippen molar-refractivity contribution in [1.82, 2.24) is 20.0 Å². The predicted octanol–water partition coefficient (Wildman–Crippen LogP) is 2.68. The Morgan fingerprint density at radius 2 is 1.90 bits per heavy atom. The van der Waals surface area contributed by atoms with Crippen molar-refractivity contribution in [2.45, 2.75) is 58.1 Å². The van der Waals surface area contributed by atoms with Gasteiger partial charge in [-0.15, -0.1) is 5.10 Å². The first-order valence-corrected chi connectivity index (χ1v) is 14.0. The van der Waals surface area contributed by atoms with Crippen LogP contribution in [-0.2, 0) is 22.4 Å². The fourth-order valence-corrected chi connectivity index (χ4v) is 5.04. The fraction of sp³-hybridized carbons (Fsp3) is 0.550. The topological polar surface area (TPSA) is 130 Å². The maximum Gasteiger partial charge on any atom is 0.307 e. The van der Waals surface area contributed by atoms with Gasteiger partial charge in [-0.25, -0.2) is 9.67 Å². The van der Waals surface area contributed by atoms with Crippen LogP contribution in [-0.4, -0.2) is 50.1 Å². The lowest BCUT2D eigenvalue weighted by Crippen LogP contribution is -2.36. The van der Waals surface area contributed by atoms with Crippen molar-refractivity contribution in [1.29, 1.82) is 0 Å². The van der Waals surface area contributed by atoms with Crippen LogP contribution in [0.4, 0.5) is 10.1 Å². The number of carbonyl (C=O) groups is 2. The van der Waals surface area contributed by atoms with E-state index >= 15 is 0 Å². The standard InChI is InChI=1S/C20H28FN5O4Si/c1-31(2,3)11-26-16(10-27)17(24-25-26)14-8-9-15(18(21)22-14)23-19(28)12-6-4-5-7-13(12)20(29)30/h8-9,12-13,27H,4-7,10-11H2,1-3H3,(H,23,28)(H,29,30)/t12-,13-/m0/s1. The molecule has 0 spiro atoms. The van der Waals surface area contributed by atoms with E-state index < -0.39 is 37.7 Å². The summed E-state index contributed by atoms with van der Waals surface area (Å²) in [6, 6.07) is 2.86. The minimum atomic E-state index is -1.54. The number of nitrogens with zero attached hydrogens (tertiary/aromatic N) is 4. The Balaban J connectivity index is 1.81. The number of aliphatic hydroxyl groups is 1. The molecule has 3 rings (SSSR count). The van der Waals surface area contributed by atoms with Crippen LogP contribution in [0, 0.1) is 17.8 Å². The number of halogens is 1. The SMILES string of the molecule is C[Si](C)(C)Cn1nnc(-c2ccc(NC(=O)[C@H]3CCCC[C@@H]3C(=O)O)c(F)n2)c1CO. The monoisotopic (exact) mass is 449 g/mol. The maximum atomic E-state index is 14.7. The number of carboxylic acids is 1. The van der Waals surface area contributed by atoms with E-state index in [1.807, 2.05) is 0 Å². The van der Waals surface area contributed by atoms with Crippen molar-refractivity contribution in [3.8, 4) is 11.4 Å². The third-order valence-corrected chi connectivity index (χ3v) is 6.63. The number of aliphatic carboxylic acids is 1. The van der Waals surface area contributed by atoms with Crippen LogP contribution in [0.3, 0.4) is 0 Å². The highest BCUT2D eigenvalue weighted by Gasteiger charge is 2.36. The molecule has 1 saturated carbocycles. The molecule has 2 atom stereocenters. The lowest BCUT2D eigenvalue weighted by molar-refractivity contribution is -0.147. The van der Waals surface area contributed by atoms with Gasteiger partial charge in [0.1, 0.15) is 5.69 Å². The van der Waals surface area contributed by atoms with Gasteiger partial charge in [0, 0.05) is 6.17 Å². The number of amides is 1. The smallest absolute Gasteiger partial charge is 0.307 e. The second-order valence-corrected chi connectivity index (χ2v) is 14.6. The summed E-state index contributed by atoms with van der Waals surface area (Å²) in [6.07, 6.45) is 3.06. The van der Waals surface area contributed by atoms with E-state index in [-0.39, 0.29) is 23.7 Å². The molecule has 1 aliphatic rings. The summed E-state index contributed by atoms with van der Waals surface area (Å²) < 4.78 is 16.3. The van der Waals surface area contributed by atoms with Crippen LogP contribution in [0.25, 0.3) is 11.4 Å². The summed E-state index contributed by atoms with van der Waals surface area (Å²) in [4.78, 5) is 27.9. The lowest BCUT2D eigenvalue weighted by Gasteiger charge is -2.27. The van der Waals surface area contributed by atoms with Crippen LogP contribution >= 0.6 is 0 Å². The van der Waals surface area contributed by atoms with E-state index in [4.69, 9.17) is 0 Å². The van der Waals surface area contributed by atoms with E-state index in [0.717, 1.165) is 12.8 Å². The molecule has 0 aromatic carbocycles. The molecule has 11 heteroatoms. The van der Waals surface area contributed by atoms with Gasteiger partial charge in [-0.2, -0.15) is 4.39 Å². The Morgan fingerprint density at radius 3 is 2.48 bits per heavy atom. The number of aliphatic hydroxyl groups excluding tert-OH is 1. The van der Waals surface area contributed by atoms with E-state index in [1.165, 1.54) is 12.1 Å². The van der Waals surface area contributed by atoms with E-state index in [2.05, 4.69) is 40.3 Å². The number of pyridine rings is 1. The molecule has 1 amide bonds. The molecule has 1 fully saturated rings. The third kappa shape index (κ3) is 5.34. The highest BCUT2D eigenvalue weighted by Crippen LogP contribution is 2.32. The predicted molar refractivity (Wildman–Crippen MR) is 114 cm³/mol. The van der Waals surface area contributed by atoms with Gasteiger partial charge in [0.2, 0.25) is 11.9 Å². The summed E-state index contributed by atoms with van der Waals surface area (Å²) in [6.45, 7) is 6.16. The molecule has 168 valence electrons. The first kappa shape index (κ1) is 23.0. The molecule has 9 nitrogen and oxygen atoms in total. The Labute approximate surface area is 180 Å². The molecule has 0 aliphatic heterocycles. The Bertz CT molecular complexity index is 975. The van der Waals surface area contributed by atoms with Gasteiger partial charge in [-0.1, -0.05) is 37.7 Å². The lowest BCUT2D eigenvalue weighted by atomic mass is 9.78. The number of hydrogen-bond acceptors (Lipinski definition) is 6. The summed E-state index contributed by atoms with van der Waals surface area (Å²) in [7, 11) is -1.54. The molecular weight excluding hydrogens is 421 g/mol. The van der Waals surface area contributed by atoms with Gasteiger partial charge in [0.25, 0.3) is 0 Å². The quantitative estimate of drug-likeness (QED) is 0.437. The van der Waals surface area contributed by atoms with Crippen molar-refractivity contribution >= 4 is 25.6 Å². The molecule has 2 aromatic rings. The van der Waals surface area contributed by atoms with E-state index in [0.29, 0.717) is 24.7 Å². The molecular formula is C20H28FN5O4Si. The van der Waals surface area contributed by atoms with Crippen LogP contribution in [0.5, 0.6) is 0 Å². The molecule has 2 aromatic heterocycles. The zero-order chi connectivity index (χ0) is 22.8. The second-order valence-electron chi connectivity index (χ2n) is 9.12. The molecule has 0 unspecified atom stereocenters. The average Bonchev–Trinajstić information content (AvgIpc) is 3.10. The van der Waals surface area contributed by atoms with Crippen molar-refractivity contribution in [3.05, 3.63) is 23.8 Å². The van der Waals surface area contributed by atoms with Gasteiger partial charge in [-0.05, 0) is 25.0 Å². The summed E-state index contributed by atoms with van der Waals surface area (Å²) >= 11 is 0.